The molecule has 1 aliphatic heterocycles. The lowest BCUT2D eigenvalue weighted by molar-refractivity contribution is 0.205. The van der Waals surface area contributed by atoms with Gasteiger partial charge in [0.15, 0.2) is 0 Å². The van der Waals surface area contributed by atoms with E-state index in [0.29, 0.717) is 37.4 Å². The molecule has 37 heavy (non-hydrogen) atoms. The molecular weight excluding hydrogens is 487 g/mol. The zero-order valence-electron chi connectivity index (χ0n) is 22.0. The molecule has 1 aliphatic carbocycles. The van der Waals surface area contributed by atoms with Gasteiger partial charge in [0.05, 0.1) is 22.5 Å². The van der Waals surface area contributed by atoms with Crippen LogP contribution >= 0.6 is 0 Å². The van der Waals surface area contributed by atoms with Crippen LogP contribution in [0.5, 0.6) is 0 Å². The lowest BCUT2D eigenvalue weighted by Crippen LogP contribution is -2.53. The lowest BCUT2D eigenvalue weighted by Gasteiger charge is -2.46. The Hall–Kier alpha value is -2.81. The first-order chi connectivity index (χ1) is 17.5. The van der Waals surface area contributed by atoms with E-state index >= 15 is 0 Å². The molecule has 1 fully saturated rings. The summed E-state index contributed by atoms with van der Waals surface area (Å²) in [7, 11) is -3.64. The third kappa shape index (κ3) is 4.78. The Morgan fingerprint density at radius 3 is 2.43 bits per heavy atom. The van der Waals surface area contributed by atoms with Crippen LogP contribution in [0.3, 0.4) is 0 Å². The van der Waals surface area contributed by atoms with Crippen LogP contribution in [0.1, 0.15) is 50.9 Å². The van der Waals surface area contributed by atoms with Crippen LogP contribution in [-0.2, 0) is 21.9 Å². The summed E-state index contributed by atoms with van der Waals surface area (Å²) in [6.45, 7) is 10.8. The van der Waals surface area contributed by atoms with E-state index in [1.165, 1.54) is 17.7 Å². The van der Waals surface area contributed by atoms with E-state index < -0.39 is 10.0 Å². The maximum atomic E-state index is 13.7. The molecule has 0 saturated carbocycles. The number of aromatic nitrogens is 2. The quantitative estimate of drug-likeness (QED) is 0.498. The Morgan fingerprint density at radius 1 is 1.08 bits per heavy atom. The molecule has 1 atom stereocenters. The summed E-state index contributed by atoms with van der Waals surface area (Å²) in [6, 6.07) is 13.6. The summed E-state index contributed by atoms with van der Waals surface area (Å²) >= 11 is 0. The summed E-state index contributed by atoms with van der Waals surface area (Å²) in [5.41, 5.74) is 4.81. The van der Waals surface area contributed by atoms with Crippen molar-refractivity contribution >= 4 is 16.1 Å². The van der Waals surface area contributed by atoms with Gasteiger partial charge in [-0.3, -0.25) is 0 Å². The summed E-state index contributed by atoms with van der Waals surface area (Å²) in [5.74, 6) is -0.283. The van der Waals surface area contributed by atoms with E-state index in [9.17, 15) is 12.8 Å². The Balaban J connectivity index is 1.47. The average Bonchev–Trinajstić information content (AvgIpc) is 3.28. The van der Waals surface area contributed by atoms with E-state index in [-0.39, 0.29) is 16.6 Å². The van der Waals surface area contributed by atoms with E-state index in [1.54, 1.807) is 28.6 Å². The number of nitrogens with zero attached hydrogens (tertiary/aromatic N) is 3. The van der Waals surface area contributed by atoms with Crippen molar-refractivity contribution in [3.63, 3.8) is 0 Å². The molecule has 8 heteroatoms. The van der Waals surface area contributed by atoms with Gasteiger partial charge in [-0.15, -0.1) is 0 Å². The molecule has 6 nitrogen and oxygen atoms in total. The Kier molecular flexibility index (Phi) is 6.63. The van der Waals surface area contributed by atoms with Gasteiger partial charge >= 0.3 is 0 Å². The second-order valence-electron chi connectivity index (χ2n) is 11.2. The molecule has 5 rings (SSSR count). The van der Waals surface area contributed by atoms with E-state index in [2.05, 4.69) is 44.2 Å². The number of rotatable bonds is 6. The normalized spacial score (nSPS) is 20.3. The summed E-state index contributed by atoms with van der Waals surface area (Å²) in [6.07, 6.45) is 5.38. The fourth-order valence-corrected chi connectivity index (χ4v) is 7.03. The average molecular weight is 523 g/mol. The fourth-order valence-electron chi connectivity index (χ4n) is 5.50. The van der Waals surface area contributed by atoms with Crippen LogP contribution in [-0.4, -0.2) is 48.7 Å². The van der Waals surface area contributed by atoms with Crippen molar-refractivity contribution in [2.75, 3.05) is 26.2 Å². The zero-order valence-corrected chi connectivity index (χ0v) is 22.8. The maximum Gasteiger partial charge on any atom is 0.243 e. The molecule has 0 bridgehead atoms. The first-order valence-electron chi connectivity index (χ1n) is 12.9. The van der Waals surface area contributed by atoms with Gasteiger partial charge < -0.3 is 5.32 Å². The molecule has 1 saturated heterocycles. The van der Waals surface area contributed by atoms with Crippen LogP contribution in [0, 0.1) is 11.2 Å². The molecular formula is C29H35FN4O2S. The van der Waals surface area contributed by atoms with Gasteiger partial charge in [-0.1, -0.05) is 45.4 Å². The zero-order chi connectivity index (χ0) is 26.4. The molecule has 0 amide bonds. The first kappa shape index (κ1) is 25.8. The van der Waals surface area contributed by atoms with Crippen molar-refractivity contribution in [3.8, 4) is 5.69 Å². The van der Waals surface area contributed by atoms with Crippen LogP contribution in [0.4, 0.5) is 4.39 Å². The first-order valence-corrected chi connectivity index (χ1v) is 14.3. The second kappa shape index (κ2) is 9.49. The third-order valence-corrected chi connectivity index (χ3v) is 9.52. The Bertz CT molecular complexity index is 1420. The highest BCUT2D eigenvalue weighted by molar-refractivity contribution is 7.89. The van der Waals surface area contributed by atoms with Crippen molar-refractivity contribution < 1.29 is 12.8 Å². The molecule has 2 aliphatic rings. The minimum absolute atomic E-state index is 0.0405. The highest BCUT2D eigenvalue weighted by Crippen LogP contribution is 2.45. The highest BCUT2D eigenvalue weighted by Gasteiger charge is 2.45. The molecule has 1 N–H and O–H groups in total. The standard InChI is InChI=1S/C29H35FN4O2S/c1-5-31-19-29-17-21-18-32-34(25-10-8-24(30)9-11-25)27(21)16-23(29)14-15-33(20-29)37(35,36)26-12-6-22(7-13-26)28(2,3)4/h6-13,16,18,31H,5,14-15,17,19-20H2,1-4H3. The number of piperidine rings is 1. The molecule has 196 valence electrons. The van der Waals surface area contributed by atoms with Crippen molar-refractivity contribution in [2.24, 2.45) is 5.41 Å². The third-order valence-electron chi connectivity index (χ3n) is 7.66. The minimum Gasteiger partial charge on any atom is -0.316 e. The number of hydrogen-bond acceptors (Lipinski definition) is 4. The van der Waals surface area contributed by atoms with Crippen LogP contribution in [0.15, 0.2) is 65.2 Å². The minimum atomic E-state index is -3.64. The smallest absolute Gasteiger partial charge is 0.243 e. The number of benzene rings is 2. The van der Waals surface area contributed by atoms with E-state index in [4.69, 9.17) is 0 Å². The predicted molar refractivity (Wildman–Crippen MR) is 145 cm³/mol. The number of halogens is 1. The summed E-state index contributed by atoms with van der Waals surface area (Å²) in [5, 5.41) is 8.10. The van der Waals surface area contributed by atoms with E-state index in [0.717, 1.165) is 29.1 Å². The number of sulfonamides is 1. The topological polar surface area (TPSA) is 67.2 Å². The van der Waals surface area contributed by atoms with Gasteiger partial charge in [0, 0.05) is 25.0 Å². The summed E-state index contributed by atoms with van der Waals surface area (Å²) < 4.78 is 44.5. The van der Waals surface area contributed by atoms with Gasteiger partial charge in [0.2, 0.25) is 10.0 Å². The molecule has 2 heterocycles. The SMILES string of the molecule is CCNCC12Cc3cnn(-c4ccc(F)cc4)c3C=C1CCN(S(=O)(=O)c1ccc(C(C)(C)C)cc1)C2. The molecule has 0 radical (unpaired) electrons. The van der Waals surface area contributed by atoms with Crippen molar-refractivity contribution in [1.29, 1.82) is 0 Å². The largest absolute Gasteiger partial charge is 0.316 e. The molecule has 0 spiro atoms. The molecule has 1 unspecified atom stereocenters. The van der Waals surface area contributed by atoms with Gasteiger partial charge in [-0.2, -0.15) is 9.40 Å². The molecule has 2 aromatic carbocycles. The molecule has 3 aromatic rings. The van der Waals surface area contributed by atoms with Crippen molar-refractivity contribution in [3.05, 3.63) is 82.9 Å². The van der Waals surface area contributed by atoms with E-state index in [1.807, 2.05) is 23.0 Å². The Labute approximate surface area is 219 Å². The fraction of sp³-hybridized carbons (Fsp3) is 0.414. The van der Waals surface area contributed by atoms with Gasteiger partial charge in [-0.25, -0.2) is 17.5 Å². The van der Waals surface area contributed by atoms with Gasteiger partial charge in [-0.05, 0) is 78.4 Å². The predicted octanol–water partition coefficient (Wildman–Crippen LogP) is 4.94. The number of fused-ring (bicyclic) bond motifs is 2. The lowest BCUT2D eigenvalue weighted by atomic mass is 9.68. The van der Waals surface area contributed by atoms with Gasteiger partial charge in [0.25, 0.3) is 0 Å². The second-order valence-corrected chi connectivity index (χ2v) is 13.2. The summed E-state index contributed by atoms with van der Waals surface area (Å²) in [4.78, 5) is 0.340. The van der Waals surface area contributed by atoms with Crippen LogP contribution in [0.2, 0.25) is 0 Å². The van der Waals surface area contributed by atoms with Crippen LogP contribution < -0.4 is 5.32 Å². The van der Waals surface area contributed by atoms with Gasteiger partial charge in [0.1, 0.15) is 5.82 Å². The number of hydrogen-bond donors (Lipinski definition) is 1. The van der Waals surface area contributed by atoms with Crippen molar-refractivity contribution in [2.45, 2.75) is 50.8 Å². The number of nitrogens with one attached hydrogen (secondary N) is 1. The van der Waals surface area contributed by atoms with Crippen LogP contribution in [0.25, 0.3) is 11.8 Å². The monoisotopic (exact) mass is 522 g/mol. The van der Waals surface area contributed by atoms with Crippen molar-refractivity contribution in [1.82, 2.24) is 19.4 Å². The molecule has 1 aromatic heterocycles. The maximum absolute atomic E-state index is 13.7. The highest BCUT2D eigenvalue weighted by atomic mass is 32.2. The Morgan fingerprint density at radius 2 is 1.78 bits per heavy atom.